The van der Waals surface area contributed by atoms with E-state index in [0.717, 1.165) is 11.1 Å². The highest BCUT2D eigenvalue weighted by atomic mass is 16.5. The van der Waals surface area contributed by atoms with Crippen molar-refractivity contribution in [3.05, 3.63) is 113 Å². The summed E-state index contributed by atoms with van der Waals surface area (Å²) in [6, 6.07) is 28.7. The van der Waals surface area contributed by atoms with Crippen LogP contribution in [-0.4, -0.2) is 34.2 Å². The number of carbonyl (C=O) groups is 1. The number of ether oxygens (including phenoxy) is 5. The van der Waals surface area contributed by atoms with Crippen LogP contribution in [0.3, 0.4) is 0 Å². The van der Waals surface area contributed by atoms with Gasteiger partial charge in [-0.2, -0.15) is 0 Å². The van der Waals surface area contributed by atoms with Crippen molar-refractivity contribution >= 4 is 5.78 Å². The van der Waals surface area contributed by atoms with E-state index in [1.54, 1.807) is 64.8 Å². The minimum Gasteiger partial charge on any atom is -0.497 e. The molecule has 0 N–H and O–H groups in total. The van der Waals surface area contributed by atoms with Crippen molar-refractivity contribution in [2.45, 2.75) is 12.0 Å². The van der Waals surface area contributed by atoms with E-state index in [1.807, 2.05) is 42.5 Å². The normalized spacial score (nSPS) is 18.1. The van der Waals surface area contributed by atoms with Crippen LogP contribution in [0.25, 0.3) is 0 Å². The van der Waals surface area contributed by atoms with E-state index in [0.29, 0.717) is 39.9 Å². The second kappa shape index (κ2) is 10.9. The van der Waals surface area contributed by atoms with Crippen LogP contribution in [0.2, 0.25) is 0 Å². The molecule has 38 heavy (non-hydrogen) atoms. The second-order valence-corrected chi connectivity index (χ2v) is 9.03. The van der Waals surface area contributed by atoms with Crippen LogP contribution in [0.5, 0.6) is 28.7 Å². The molecule has 6 nitrogen and oxygen atoms in total. The minimum atomic E-state index is -0.708. The van der Waals surface area contributed by atoms with Gasteiger partial charge in [-0.25, -0.2) is 0 Å². The Morgan fingerprint density at radius 2 is 1.29 bits per heavy atom. The number of hydrogen-bond acceptors (Lipinski definition) is 6. The molecule has 194 valence electrons. The van der Waals surface area contributed by atoms with Gasteiger partial charge in [0.15, 0.2) is 5.78 Å². The Kier molecular flexibility index (Phi) is 7.22. The third-order valence-electron chi connectivity index (χ3n) is 7.07. The summed E-state index contributed by atoms with van der Waals surface area (Å²) in [5, 5.41) is 0. The van der Waals surface area contributed by atoms with Gasteiger partial charge in [0.25, 0.3) is 0 Å². The second-order valence-electron chi connectivity index (χ2n) is 9.03. The van der Waals surface area contributed by atoms with E-state index < -0.39 is 12.0 Å². The van der Waals surface area contributed by atoms with Crippen molar-refractivity contribution in [3.63, 3.8) is 0 Å². The van der Waals surface area contributed by atoms with Crippen molar-refractivity contribution in [1.29, 1.82) is 0 Å². The first-order valence-corrected chi connectivity index (χ1v) is 12.4. The molecule has 0 fully saturated rings. The largest absolute Gasteiger partial charge is 0.497 e. The Morgan fingerprint density at radius 3 is 1.89 bits per heavy atom. The summed E-state index contributed by atoms with van der Waals surface area (Å²) < 4.78 is 29.1. The van der Waals surface area contributed by atoms with Crippen molar-refractivity contribution in [2.24, 2.45) is 5.92 Å². The number of methoxy groups -OCH3 is 4. The van der Waals surface area contributed by atoms with Gasteiger partial charge in [-0.05, 0) is 35.9 Å². The number of Topliss-reactive ketones (excluding diaryl/α,β-unsaturated/α-hetero) is 1. The molecule has 4 aromatic rings. The molecule has 5 rings (SSSR count). The first kappa shape index (κ1) is 25.2. The summed E-state index contributed by atoms with van der Waals surface area (Å²) in [5.41, 5.74) is 3.19. The van der Waals surface area contributed by atoms with Crippen LogP contribution in [-0.2, 0) is 0 Å². The summed E-state index contributed by atoms with van der Waals surface area (Å²) in [6.07, 6.45) is -0.708. The Balaban J connectivity index is 1.77. The number of rotatable bonds is 8. The van der Waals surface area contributed by atoms with Crippen LogP contribution < -0.4 is 23.7 Å². The standard InChI is InChI=1S/C32H30O6/c1-34-22-16-14-21(15-17-22)31(33)30-28(20-10-6-5-7-11-20)24-12-8-9-13-25(24)38-32(30)29-26(36-3)18-23(35-2)19-27(29)37-4/h5-19,28,30,32H,1-4H3/t28-,30+,32+/m1/s1. The smallest absolute Gasteiger partial charge is 0.170 e. The molecule has 0 unspecified atom stereocenters. The molecule has 0 bridgehead atoms. The summed E-state index contributed by atoms with van der Waals surface area (Å²) in [6.45, 7) is 0. The van der Waals surface area contributed by atoms with Crippen molar-refractivity contribution in [1.82, 2.24) is 0 Å². The van der Waals surface area contributed by atoms with Gasteiger partial charge < -0.3 is 23.7 Å². The maximum Gasteiger partial charge on any atom is 0.170 e. The lowest BCUT2D eigenvalue weighted by molar-refractivity contribution is 0.0625. The zero-order valence-electron chi connectivity index (χ0n) is 21.8. The van der Waals surface area contributed by atoms with Gasteiger partial charge in [-0.3, -0.25) is 4.79 Å². The molecule has 0 aliphatic carbocycles. The molecular formula is C32H30O6. The van der Waals surface area contributed by atoms with Gasteiger partial charge in [-0.15, -0.1) is 0 Å². The minimum absolute atomic E-state index is 0.0547. The fourth-order valence-corrected chi connectivity index (χ4v) is 5.26. The van der Waals surface area contributed by atoms with E-state index in [4.69, 9.17) is 23.7 Å². The number of benzene rings is 4. The molecule has 4 aromatic carbocycles. The zero-order valence-corrected chi connectivity index (χ0v) is 21.8. The van der Waals surface area contributed by atoms with Crippen molar-refractivity contribution < 1.29 is 28.5 Å². The molecule has 1 aliphatic rings. The van der Waals surface area contributed by atoms with Gasteiger partial charge in [0.1, 0.15) is 34.9 Å². The summed E-state index contributed by atoms with van der Waals surface area (Å²) in [7, 11) is 6.36. The van der Waals surface area contributed by atoms with Crippen LogP contribution >= 0.6 is 0 Å². The highest BCUT2D eigenvalue weighted by molar-refractivity contribution is 5.99. The monoisotopic (exact) mass is 510 g/mol. The van der Waals surface area contributed by atoms with Crippen LogP contribution in [0.4, 0.5) is 0 Å². The molecule has 0 spiro atoms. The molecule has 1 aliphatic heterocycles. The fourth-order valence-electron chi connectivity index (χ4n) is 5.26. The van der Waals surface area contributed by atoms with Gasteiger partial charge >= 0.3 is 0 Å². The first-order chi connectivity index (χ1) is 18.6. The van der Waals surface area contributed by atoms with Gasteiger partial charge in [0.2, 0.25) is 0 Å². The molecule has 1 heterocycles. The summed E-state index contributed by atoms with van der Waals surface area (Å²) in [5.74, 6) is 2.05. The molecule has 0 aromatic heterocycles. The molecule has 3 atom stereocenters. The SMILES string of the molecule is COc1ccc(C(=O)[C@@H]2[C@H](c3ccccc3)c3ccccc3O[C@H]2c2c(OC)cc(OC)cc2OC)cc1. The van der Waals surface area contributed by atoms with E-state index in [-0.39, 0.29) is 11.7 Å². The molecule has 6 heteroatoms. The number of carbonyl (C=O) groups excluding carboxylic acids is 1. The number of ketones is 1. The van der Waals surface area contributed by atoms with E-state index in [2.05, 4.69) is 12.1 Å². The molecule has 0 saturated carbocycles. The highest BCUT2D eigenvalue weighted by Gasteiger charge is 2.46. The average Bonchev–Trinajstić information content (AvgIpc) is 2.99. The van der Waals surface area contributed by atoms with Crippen molar-refractivity contribution in [3.8, 4) is 28.7 Å². The lowest BCUT2D eigenvalue weighted by atomic mass is 9.71. The van der Waals surface area contributed by atoms with Gasteiger partial charge in [0.05, 0.1) is 39.9 Å². The van der Waals surface area contributed by atoms with Gasteiger partial charge in [0, 0.05) is 29.2 Å². The Hall–Kier alpha value is -4.45. The van der Waals surface area contributed by atoms with E-state index in [9.17, 15) is 4.79 Å². The number of fused-ring (bicyclic) bond motifs is 1. The molecule has 0 amide bonds. The van der Waals surface area contributed by atoms with E-state index in [1.165, 1.54) is 0 Å². The molecular weight excluding hydrogens is 480 g/mol. The lowest BCUT2D eigenvalue weighted by Crippen LogP contribution is -2.36. The van der Waals surface area contributed by atoms with Gasteiger partial charge in [-0.1, -0.05) is 48.5 Å². The molecule has 0 radical (unpaired) electrons. The number of hydrogen-bond donors (Lipinski definition) is 0. The average molecular weight is 511 g/mol. The van der Waals surface area contributed by atoms with Crippen LogP contribution in [0, 0.1) is 5.92 Å². The summed E-state index contributed by atoms with van der Waals surface area (Å²) in [4.78, 5) is 14.5. The van der Waals surface area contributed by atoms with Crippen LogP contribution in [0.1, 0.15) is 39.1 Å². The lowest BCUT2D eigenvalue weighted by Gasteiger charge is -2.40. The highest BCUT2D eigenvalue weighted by Crippen LogP contribution is 2.54. The molecule has 0 saturated heterocycles. The summed E-state index contributed by atoms with van der Waals surface area (Å²) >= 11 is 0. The van der Waals surface area contributed by atoms with E-state index >= 15 is 0 Å². The Labute approximate surface area is 222 Å². The Morgan fingerprint density at radius 1 is 0.684 bits per heavy atom. The maximum absolute atomic E-state index is 14.5. The number of para-hydroxylation sites is 1. The third kappa shape index (κ3) is 4.54. The zero-order chi connectivity index (χ0) is 26.6. The Bertz CT molecular complexity index is 1390. The fraction of sp³-hybridized carbons (Fsp3) is 0.219. The topological polar surface area (TPSA) is 63.2 Å². The predicted molar refractivity (Wildman–Crippen MR) is 145 cm³/mol. The van der Waals surface area contributed by atoms with Crippen LogP contribution in [0.15, 0.2) is 91.0 Å². The first-order valence-electron chi connectivity index (χ1n) is 12.4. The maximum atomic E-state index is 14.5. The van der Waals surface area contributed by atoms with Crippen molar-refractivity contribution in [2.75, 3.05) is 28.4 Å². The predicted octanol–water partition coefficient (Wildman–Crippen LogP) is 6.49. The third-order valence-corrected chi connectivity index (χ3v) is 7.07. The quantitative estimate of drug-likeness (QED) is 0.253.